The second-order valence-corrected chi connectivity index (χ2v) is 5.34. The fourth-order valence-corrected chi connectivity index (χ4v) is 2.83. The number of rotatable bonds is 3. The lowest BCUT2D eigenvalue weighted by Gasteiger charge is -2.40. The molecule has 1 aliphatic heterocycles. The van der Waals surface area contributed by atoms with Gasteiger partial charge in [0.25, 0.3) is 0 Å². The van der Waals surface area contributed by atoms with E-state index in [1.54, 1.807) is 12.1 Å². The molecule has 0 spiro atoms. The van der Waals surface area contributed by atoms with Gasteiger partial charge in [-0.2, -0.15) is 0 Å². The summed E-state index contributed by atoms with van der Waals surface area (Å²) in [7, 11) is 0. The Bertz CT molecular complexity index is 475. The van der Waals surface area contributed by atoms with Gasteiger partial charge in [-0.3, -0.25) is 4.79 Å². The Kier molecular flexibility index (Phi) is 4.04. The molecule has 0 bridgehead atoms. The first kappa shape index (κ1) is 13.8. The Morgan fingerprint density at radius 1 is 1.53 bits per heavy atom. The van der Waals surface area contributed by atoms with Gasteiger partial charge < -0.3 is 16.4 Å². The molecule has 1 fully saturated rings. The number of piperidine rings is 1. The molecule has 0 radical (unpaired) electrons. The van der Waals surface area contributed by atoms with Crippen molar-refractivity contribution in [3.05, 3.63) is 23.4 Å². The molecule has 2 heterocycles. The first-order chi connectivity index (χ1) is 9.02. The summed E-state index contributed by atoms with van der Waals surface area (Å²) in [6, 6.07) is 3.77. The van der Waals surface area contributed by atoms with Crippen molar-refractivity contribution >= 4 is 11.7 Å². The Balaban J connectivity index is 2.36. The second kappa shape index (κ2) is 5.57. The smallest absolute Gasteiger partial charge is 0.248 e. The number of carbonyl (C=O) groups is 1. The molecule has 4 N–H and O–H groups in total. The maximum atomic E-state index is 11.4. The van der Waals surface area contributed by atoms with Gasteiger partial charge in [0, 0.05) is 30.4 Å². The van der Waals surface area contributed by atoms with Gasteiger partial charge in [-0.05, 0) is 37.8 Å². The van der Waals surface area contributed by atoms with Crippen LogP contribution in [-0.4, -0.2) is 30.0 Å². The van der Waals surface area contributed by atoms with Gasteiger partial charge in [-0.15, -0.1) is 0 Å². The largest absolute Gasteiger partial charge is 0.366 e. The fraction of sp³-hybridized carbons (Fsp3) is 0.571. The Labute approximate surface area is 114 Å². The van der Waals surface area contributed by atoms with Crippen LogP contribution in [0.3, 0.4) is 0 Å². The number of hydrogen-bond acceptors (Lipinski definition) is 4. The number of pyridine rings is 1. The predicted octanol–water partition coefficient (Wildman–Crippen LogP) is 1.05. The van der Waals surface area contributed by atoms with Crippen LogP contribution < -0.4 is 16.4 Å². The van der Waals surface area contributed by atoms with E-state index < -0.39 is 5.91 Å². The van der Waals surface area contributed by atoms with Crippen LogP contribution in [0.1, 0.15) is 35.8 Å². The molecule has 5 nitrogen and oxygen atoms in total. The standard InChI is InChI=1S/C14H22N4O/c1-9-4-3-5-18(12(9)8-15)13-7-11(14(16)19)6-10(2)17-13/h6-7,9,12H,3-5,8,15H2,1-2H3,(H2,16,19). The van der Waals surface area contributed by atoms with E-state index in [1.165, 1.54) is 6.42 Å². The van der Waals surface area contributed by atoms with E-state index in [-0.39, 0.29) is 6.04 Å². The third-order valence-electron chi connectivity index (χ3n) is 3.88. The number of amides is 1. The minimum Gasteiger partial charge on any atom is -0.366 e. The molecule has 1 aliphatic rings. The highest BCUT2D eigenvalue weighted by molar-refractivity contribution is 5.93. The van der Waals surface area contributed by atoms with Crippen LogP contribution in [-0.2, 0) is 0 Å². The number of aryl methyl sites for hydroxylation is 1. The maximum Gasteiger partial charge on any atom is 0.248 e. The van der Waals surface area contributed by atoms with E-state index in [0.717, 1.165) is 24.5 Å². The number of hydrogen-bond donors (Lipinski definition) is 2. The average Bonchev–Trinajstić information content (AvgIpc) is 2.37. The molecule has 1 amide bonds. The highest BCUT2D eigenvalue weighted by Gasteiger charge is 2.28. The van der Waals surface area contributed by atoms with E-state index in [4.69, 9.17) is 11.5 Å². The number of nitrogens with zero attached hydrogens (tertiary/aromatic N) is 2. The molecular formula is C14H22N4O. The summed E-state index contributed by atoms with van der Waals surface area (Å²) in [5, 5.41) is 0. The summed E-state index contributed by atoms with van der Waals surface area (Å²) in [6.07, 6.45) is 2.31. The Morgan fingerprint density at radius 3 is 2.89 bits per heavy atom. The Hall–Kier alpha value is -1.62. The zero-order valence-electron chi connectivity index (χ0n) is 11.6. The predicted molar refractivity (Wildman–Crippen MR) is 76.1 cm³/mol. The minimum atomic E-state index is -0.416. The molecule has 2 atom stereocenters. The summed E-state index contributed by atoms with van der Waals surface area (Å²) < 4.78 is 0. The monoisotopic (exact) mass is 262 g/mol. The number of aromatic nitrogens is 1. The molecule has 5 heteroatoms. The SMILES string of the molecule is Cc1cc(C(N)=O)cc(N2CCCC(C)C2CN)n1. The highest BCUT2D eigenvalue weighted by Crippen LogP contribution is 2.27. The summed E-state index contributed by atoms with van der Waals surface area (Å²) in [5.41, 5.74) is 12.6. The molecule has 0 aliphatic carbocycles. The van der Waals surface area contributed by atoms with Crippen molar-refractivity contribution in [3.8, 4) is 0 Å². The molecule has 1 aromatic heterocycles. The van der Waals surface area contributed by atoms with Crippen molar-refractivity contribution in [2.45, 2.75) is 32.7 Å². The molecule has 1 saturated heterocycles. The average molecular weight is 262 g/mol. The summed E-state index contributed by atoms with van der Waals surface area (Å²) in [4.78, 5) is 18.1. The van der Waals surface area contributed by atoms with Crippen LogP contribution in [0.5, 0.6) is 0 Å². The number of nitrogens with two attached hydrogens (primary N) is 2. The van der Waals surface area contributed by atoms with Crippen molar-refractivity contribution in [3.63, 3.8) is 0 Å². The highest BCUT2D eigenvalue weighted by atomic mass is 16.1. The molecule has 104 valence electrons. The van der Waals surface area contributed by atoms with Crippen molar-refractivity contribution in [2.24, 2.45) is 17.4 Å². The van der Waals surface area contributed by atoms with Gasteiger partial charge in [-0.1, -0.05) is 6.92 Å². The van der Waals surface area contributed by atoms with Crippen LogP contribution in [0.4, 0.5) is 5.82 Å². The molecule has 1 aromatic rings. The Morgan fingerprint density at radius 2 is 2.26 bits per heavy atom. The van der Waals surface area contributed by atoms with Crippen LogP contribution in [0.15, 0.2) is 12.1 Å². The maximum absolute atomic E-state index is 11.4. The van der Waals surface area contributed by atoms with E-state index in [2.05, 4.69) is 16.8 Å². The van der Waals surface area contributed by atoms with E-state index in [0.29, 0.717) is 18.0 Å². The number of primary amides is 1. The number of carbonyl (C=O) groups excluding carboxylic acids is 1. The molecular weight excluding hydrogens is 240 g/mol. The lowest BCUT2D eigenvalue weighted by atomic mass is 9.90. The van der Waals surface area contributed by atoms with Gasteiger partial charge in [0.05, 0.1) is 0 Å². The van der Waals surface area contributed by atoms with E-state index >= 15 is 0 Å². The quantitative estimate of drug-likeness (QED) is 0.852. The van der Waals surface area contributed by atoms with Gasteiger partial charge in [-0.25, -0.2) is 4.98 Å². The number of anilines is 1. The minimum absolute atomic E-state index is 0.281. The van der Waals surface area contributed by atoms with Gasteiger partial charge in [0.1, 0.15) is 5.82 Å². The van der Waals surface area contributed by atoms with Crippen molar-refractivity contribution in [1.29, 1.82) is 0 Å². The van der Waals surface area contributed by atoms with Crippen LogP contribution in [0, 0.1) is 12.8 Å². The summed E-state index contributed by atoms with van der Waals surface area (Å²) in [5.74, 6) is 0.940. The zero-order valence-corrected chi connectivity index (χ0v) is 11.6. The summed E-state index contributed by atoms with van der Waals surface area (Å²) in [6.45, 7) is 5.62. The van der Waals surface area contributed by atoms with Crippen LogP contribution in [0.2, 0.25) is 0 Å². The van der Waals surface area contributed by atoms with Gasteiger partial charge in [0.15, 0.2) is 0 Å². The normalized spacial score (nSPS) is 23.4. The van der Waals surface area contributed by atoms with Crippen LogP contribution in [0.25, 0.3) is 0 Å². The van der Waals surface area contributed by atoms with Gasteiger partial charge in [0.2, 0.25) is 5.91 Å². The van der Waals surface area contributed by atoms with Crippen LogP contribution >= 0.6 is 0 Å². The topological polar surface area (TPSA) is 85.2 Å². The van der Waals surface area contributed by atoms with E-state index in [9.17, 15) is 4.79 Å². The van der Waals surface area contributed by atoms with Crippen molar-refractivity contribution < 1.29 is 4.79 Å². The first-order valence-electron chi connectivity index (χ1n) is 6.78. The molecule has 0 saturated carbocycles. The molecule has 2 unspecified atom stereocenters. The third-order valence-corrected chi connectivity index (χ3v) is 3.88. The summed E-state index contributed by atoms with van der Waals surface area (Å²) >= 11 is 0. The van der Waals surface area contributed by atoms with Crippen molar-refractivity contribution in [2.75, 3.05) is 18.0 Å². The first-order valence-corrected chi connectivity index (χ1v) is 6.78. The lowest BCUT2D eigenvalue weighted by Crippen LogP contribution is -2.49. The zero-order chi connectivity index (χ0) is 14.0. The molecule has 2 rings (SSSR count). The third kappa shape index (κ3) is 2.87. The fourth-order valence-electron chi connectivity index (χ4n) is 2.83. The molecule has 0 aromatic carbocycles. The molecule has 19 heavy (non-hydrogen) atoms. The second-order valence-electron chi connectivity index (χ2n) is 5.34. The van der Waals surface area contributed by atoms with Gasteiger partial charge >= 0.3 is 0 Å². The lowest BCUT2D eigenvalue weighted by molar-refractivity contribution is 0.1000. The van der Waals surface area contributed by atoms with E-state index in [1.807, 2.05) is 6.92 Å². The van der Waals surface area contributed by atoms with Crippen molar-refractivity contribution in [1.82, 2.24) is 4.98 Å².